The molecule has 0 saturated carbocycles. The monoisotopic (exact) mass is 337 g/mol. The molecule has 0 aliphatic rings. The molecule has 128 valence electrons. The van der Waals surface area contributed by atoms with E-state index >= 15 is 0 Å². The number of carbonyl (C=O) groups is 1. The van der Waals surface area contributed by atoms with Crippen molar-refractivity contribution in [1.29, 1.82) is 0 Å². The lowest BCUT2D eigenvalue weighted by atomic mass is 10.2. The minimum Gasteiger partial charge on any atom is -0.467 e. The van der Waals surface area contributed by atoms with Gasteiger partial charge in [-0.15, -0.1) is 10.2 Å². The van der Waals surface area contributed by atoms with E-state index in [1.54, 1.807) is 18.4 Å². The second kappa shape index (κ2) is 7.48. The van der Waals surface area contributed by atoms with E-state index in [1.165, 1.54) is 0 Å². The molecule has 0 saturated heterocycles. The molecule has 0 atom stereocenters. The Balaban J connectivity index is 1.58. The number of hydrogen-bond acceptors (Lipinski definition) is 6. The largest absolute Gasteiger partial charge is 0.467 e. The lowest BCUT2D eigenvalue weighted by molar-refractivity contribution is 0.102. The van der Waals surface area contributed by atoms with Gasteiger partial charge in [0.2, 0.25) is 0 Å². The quantitative estimate of drug-likeness (QED) is 0.719. The first kappa shape index (κ1) is 16.5. The smallest absolute Gasteiger partial charge is 0.276 e. The van der Waals surface area contributed by atoms with Crippen molar-refractivity contribution in [1.82, 2.24) is 10.2 Å². The summed E-state index contributed by atoms with van der Waals surface area (Å²) < 4.78 is 5.23. The summed E-state index contributed by atoms with van der Waals surface area (Å²) in [4.78, 5) is 14.2. The van der Waals surface area contributed by atoms with Crippen molar-refractivity contribution in [2.45, 2.75) is 6.54 Å². The Morgan fingerprint density at radius 1 is 1.08 bits per heavy atom. The molecule has 25 heavy (non-hydrogen) atoms. The lowest BCUT2D eigenvalue weighted by Gasteiger charge is -2.13. The van der Waals surface area contributed by atoms with Gasteiger partial charge in [0, 0.05) is 25.5 Å². The lowest BCUT2D eigenvalue weighted by Crippen LogP contribution is -2.15. The van der Waals surface area contributed by atoms with E-state index < -0.39 is 0 Å². The number of rotatable bonds is 6. The molecule has 0 unspecified atom stereocenters. The highest BCUT2D eigenvalue weighted by molar-refractivity contribution is 6.02. The van der Waals surface area contributed by atoms with Gasteiger partial charge in [-0.2, -0.15) is 0 Å². The van der Waals surface area contributed by atoms with Crippen LogP contribution in [0.4, 0.5) is 17.2 Å². The average molecular weight is 337 g/mol. The van der Waals surface area contributed by atoms with Crippen LogP contribution in [-0.4, -0.2) is 30.2 Å². The van der Waals surface area contributed by atoms with Gasteiger partial charge in [-0.1, -0.05) is 0 Å². The van der Waals surface area contributed by atoms with E-state index in [4.69, 9.17) is 4.42 Å². The van der Waals surface area contributed by atoms with E-state index in [1.807, 2.05) is 55.4 Å². The predicted octanol–water partition coefficient (Wildman–Crippen LogP) is 3.00. The third-order valence-electron chi connectivity index (χ3n) is 3.56. The molecule has 3 aromatic rings. The molecular weight excluding hydrogens is 318 g/mol. The molecule has 0 spiro atoms. The summed E-state index contributed by atoms with van der Waals surface area (Å²) in [5, 5.41) is 13.8. The Morgan fingerprint density at radius 3 is 2.48 bits per heavy atom. The van der Waals surface area contributed by atoms with Crippen molar-refractivity contribution < 1.29 is 9.21 Å². The van der Waals surface area contributed by atoms with Crippen LogP contribution in [0.15, 0.2) is 59.2 Å². The van der Waals surface area contributed by atoms with Crippen molar-refractivity contribution >= 4 is 23.1 Å². The molecule has 0 aliphatic carbocycles. The molecule has 0 fully saturated rings. The summed E-state index contributed by atoms with van der Waals surface area (Å²) in [6.07, 6.45) is 1.61. The topological polar surface area (TPSA) is 83.3 Å². The molecule has 0 bridgehead atoms. The number of hydrogen-bond donors (Lipinski definition) is 2. The van der Waals surface area contributed by atoms with Gasteiger partial charge in [-0.25, -0.2) is 0 Å². The number of furan rings is 1. The Labute approximate surface area is 145 Å². The zero-order valence-electron chi connectivity index (χ0n) is 14.1. The molecule has 7 nitrogen and oxygen atoms in total. The van der Waals surface area contributed by atoms with E-state index in [0.29, 0.717) is 18.1 Å². The van der Waals surface area contributed by atoms with E-state index in [0.717, 1.165) is 11.4 Å². The van der Waals surface area contributed by atoms with Crippen molar-refractivity contribution in [2.24, 2.45) is 0 Å². The SMILES string of the molecule is CN(C)c1ccc(NC(=O)c2ccc(NCc3ccco3)nn2)cc1. The second-order valence-electron chi connectivity index (χ2n) is 5.63. The fourth-order valence-electron chi connectivity index (χ4n) is 2.18. The molecule has 2 N–H and O–H groups in total. The van der Waals surface area contributed by atoms with E-state index in [-0.39, 0.29) is 11.6 Å². The van der Waals surface area contributed by atoms with Gasteiger partial charge < -0.3 is 20.0 Å². The van der Waals surface area contributed by atoms with Crippen molar-refractivity contribution in [2.75, 3.05) is 29.6 Å². The molecule has 2 heterocycles. The predicted molar refractivity (Wildman–Crippen MR) is 96.8 cm³/mol. The maximum Gasteiger partial charge on any atom is 0.276 e. The number of nitrogens with zero attached hydrogens (tertiary/aromatic N) is 3. The number of carbonyl (C=O) groups excluding carboxylic acids is 1. The van der Waals surface area contributed by atoms with Crippen molar-refractivity contribution in [3.05, 3.63) is 66.2 Å². The normalized spacial score (nSPS) is 10.3. The Morgan fingerprint density at radius 2 is 1.88 bits per heavy atom. The number of benzene rings is 1. The second-order valence-corrected chi connectivity index (χ2v) is 5.63. The summed E-state index contributed by atoms with van der Waals surface area (Å²) in [5.41, 5.74) is 2.02. The van der Waals surface area contributed by atoms with Gasteiger partial charge in [-0.3, -0.25) is 4.79 Å². The third-order valence-corrected chi connectivity index (χ3v) is 3.56. The maximum atomic E-state index is 12.2. The summed E-state index contributed by atoms with van der Waals surface area (Å²) >= 11 is 0. The van der Waals surface area contributed by atoms with Gasteiger partial charge in [0.15, 0.2) is 5.69 Å². The maximum absolute atomic E-state index is 12.2. The summed E-state index contributed by atoms with van der Waals surface area (Å²) in [6.45, 7) is 0.505. The van der Waals surface area contributed by atoms with Crippen LogP contribution in [0.25, 0.3) is 0 Å². The van der Waals surface area contributed by atoms with Crippen molar-refractivity contribution in [3.63, 3.8) is 0 Å². The van der Waals surface area contributed by atoms with Gasteiger partial charge in [0.1, 0.15) is 11.6 Å². The minimum absolute atomic E-state index is 0.250. The molecule has 2 aromatic heterocycles. The summed E-state index contributed by atoms with van der Waals surface area (Å²) in [7, 11) is 3.93. The van der Waals surface area contributed by atoms with Gasteiger partial charge >= 0.3 is 0 Å². The Kier molecular flexibility index (Phi) is 4.94. The van der Waals surface area contributed by atoms with Gasteiger partial charge in [0.25, 0.3) is 5.91 Å². The van der Waals surface area contributed by atoms with E-state index in [9.17, 15) is 4.79 Å². The van der Waals surface area contributed by atoms with Crippen LogP contribution in [-0.2, 0) is 6.54 Å². The number of anilines is 3. The zero-order valence-corrected chi connectivity index (χ0v) is 14.1. The zero-order chi connectivity index (χ0) is 17.6. The fourth-order valence-corrected chi connectivity index (χ4v) is 2.18. The first-order chi connectivity index (χ1) is 12.1. The third kappa shape index (κ3) is 4.35. The first-order valence-electron chi connectivity index (χ1n) is 7.80. The highest BCUT2D eigenvalue weighted by Crippen LogP contribution is 2.16. The molecule has 3 rings (SSSR count). The highest BCUT2D eigenvalue weighted by atomic mass is 16.3. The summed E-state index contributed by atoms with van der Waals surface area (Å²) in [5.74, 6) is 1.07. The highest BCUT2D eigenvalue weighted by Gasteiger charge is 2.09. The van der Waals surface area contributed by atoms with Crippen LogP contribution in [0.3, 0.4) is 0 Å². The van der Waals surface area contributed by atoms with Crippen molar-refractivity contribution in [3.8, 4) is 0 Å². The molecule has 0 aliphatic heterocycles. The average Bonchev–Trinajstić information content (AvgIpc) is 3.14. The number of amides is 1. The van der Waals surface area contributed by atoms with Gasteiger partial charge in [-0.05, 0) is 48.5 Å². The van der Waals surface area contributed by atoms with Crippen LogP contribution >= 0.6 is 0 Å². The molecular formula is C18H19N5O2. The van der Waals surface area contributed by atoms with Gasteiger partial charge in [0.05, 0.1) is 12.8 Å². The molecule has 7 heteroatoms. The number of aromatic nitrogens is 2. The molecule has 1 amide bonds. The summed E-state index contributed by atoms with van der Waals surface area (Å²) in [6, 6.07) is 14.6. The fraction of sp³-hybridized carbons (Fsp3) is 0.167. The van der Waals surface area contributed by atoms with Crippen LogP contribution in [0.1, 0.15) is 16.2 Å². The van der Waals surface area contributed by atoms with Crippen LogP contribution in [0, 0.1) is 0 Å². The molecule has 0 radical (unpaired) electrons. The van der Waals surface area contributed by atoms with Crippen LogP contribution in [0.2, 0.25) is 0 Å². The van der Waals surface area contributed by atoms with E-state index in [2.05, 4.69) is 20.8 Å². The minimum atomic E-state index is -0.303. The first-order valence-corrected chi connectivity index (χ1v) is 7.80. The van der Waals surface area contributed by atoms with Crippen LogP contribution in [0.5, 0.6) is 0 Å². The molecule has 1 aromatic carbocycles. The van der Waals surface area contributed by atoms with Crippen LogP contribution < -0.4 is 15.5 Å². The number of nitrogens with one attached hydrogen (secondary N) is 2. The Hall–Kier alpha value is -3.35. The Bertz CT molecular complexity index is 812. The standard InChI is InChI=1S/C18H19N5O2/c1-23(2)14-7-5-13(6-8-14)20-18(24)16-9-10-17(22-21-16)19-12-15-4-3-11-25-15/h3-11H,12H2,1-2H3,(H,19,22)(H,20,24).